The highest BCUT2D eigenvalue weighted by Gasteiger charge is 2.19. The molecule has 7 heteroatoms. The van der Waals surface area contributed by atoms with E-state index in [1.807, 2.05) is 62.4 Å². The summed E-state index contributed by atoms with van der Waals surface area (Å²) >= 11 is 0. The van der Waals surface area contributed by atoms with Crippen molar-refractivity contribution in [3.63, 3.8) is 0 Å². The fourth-order valence-corrected chi connectivity index (χ4v) is 4.01. The van der Waals surface area contributed by atoms with Gasteiger partial charge >= 0.3 is 0 Å². The molecule has 146 valence electrons. The number of hydrogen-bond donors (Lipinski definition) is 2. The van der Waals surface area contributed by atoms with Crippen molar-refractivity contribution < 1.29 is 8.42 Å². The fraction of sp³-hybridized carbons (Fsp3) is 0.0909. The molecule has 4 aromatic rings. The van der Waals surface area contributed by atoms with Crippen molar-refractivity contribution in [2.45, 2.75) is 18.7 Å². The van der Waals surface area contributed by atoms with Gasteiger partial charge in [-0.15, -0.1) is 0 Å². The highest BCUT2D eigenvalue weighted by Crippen LogP contribution is 2.27. The van der Waals surface area contributed by atoms with Crippen LogP contribution in [0.3, 0.4) is 0 Å². The number of para-hydroxylation sites is 2. The van der Waals surface area contributed by atoms with Crippen LogP contribution < -0.4 is 10.0 Å². The molecule has 0 fully saturated rings. The quantitative estimate of drug-likeness (QED) is 0.500. The minimum absolute atomic E-state index is 0.144. The summed E-state index contributed by atoms with van der Waals surface area (Å²) < 4.78 is 28.5. The summed E-state index contributed by atoms with van der Waals surface area (Å²) in [5.41, 5.74) is 4.04. The van der Waals surface area contributed by atoms with Crippen LogP contribution >= 0.6 is 0 Å². The lowest BCUT2D eigenvalue weighted by Gasteiger charge is -2.14. The van der Waals surface area contributed by atoms with E-state index in [0.29, 0.717) is 16.9 Å². The number of nitrogens with zero attached hydrogens (tertiary/aromatic N) is 2. The molecule has 4 rings (SSSR count). The Bertz CT molecular complexity index is 1290. The van der Waals surface area contributed by atoms with Crippen LogP contribution in [0.2, 0.25) is 0 Å². The summed E-state index contributed by atoms with van der Waals surface area (Å²) in [6.45, 7) is 3.85. The first-order valence-corrected chi connectivity index (χ1v) is 10.6. The first-order valence-electron chi connectivity index (χ1n) is 9.11. The maximum absolute atomic E-state index is 12.9. The van der Waals surface area contributed by atoms with E-state index in [2.05, 4.69) is 20.0 Å². The predicted octanol–water partition coefficient (Wildman–Crippen LogP) is 4.79. The predicted molar refractivity (Wildman–Crippen MR) is 116 cm³/mol. The summed E-state index contributed by atoms with van der Waals surface area (Å²) in [5.74, 6) is 0.481. The summed E-state index contributed by atoms with van der Waals surface area (Å²) in [6.07, 6.45) is 0. The molecule has 6 nitrogen and oxygen atoms in total. The second-order valence-corrected chi connectivity index (χ2v) is 8.50. The summed E-state index contributed by atoms with van der Waals surface area (Å²) in [4.78, 5) is 9.27. The van der Waals surface area contributed by atoms with E-state index >= 15 is 0 Å². The number of aryl methyl sites for hydroxylation is 2. The van der Waals surface area contributed by atoms with Gasteiger partial charge in [-0.3, -0.25) is 4.72 Å². The Balaban J connectivity index is 1.78. The first kappa shape index (κ1) is 18.9. The van der Waals surface area contributed by atoms with Crippen LogP contribution in [0.1, 0.15) is 11.1 Å². The van der Waals surface area contributed by atoms with E-state index < -0.39 is 10.0 Å². The fourth-order valence-electron chi connectivity index (χ4n) is 2.90. The third kappa shape index (κ3) is 4.20. The molecule has 0 saturated carbocycles. The molecule has 3 aromatic carbocycles. The number of fused-ring (bicyclic) bond motifs is 1. The van der Waals surface area contributed by atoms with E-state index in [4.69, 9.17) is 0 Å². The molecule has 1 aromatic heterocycles. The SMILES string of the molecule is Cc1ccc(Nc2nc3ccccc3nc2NS(=O)(=O)c2cccc(C)c2)cc1. The molecule has 2 N–H and O–H groups in total. The molecule has 0 spiro atoms. The molecule has 0 saturated heterocycles. The van der Waals surface area contributed by atoms with Gasteiger partial charge in [-0.25, -0.2) is 18.4 Å². The zero-order valence-corrected chi connectivity index (χ0v) is 16.9. The van der Waals surface area contributed by atoms with Gasteiger partial charge in [-0.1, -0.05) is 42.0 Å². The Morgan fingerprint density at radius 2 is 1.38 bits per heavy atom. The van der Waals surface area contributed by atoms with Crippen LogP contribution in [0.15, 0.2) is 77.7 Å². The summed E-state index contributed by atoms with van der Waals surface area (Å²) in [5, 5.41) is 3.18. The van der Waals surface area contributed by atoms with Crippen LogP contribution in [0.5, 0.6) is 0 Å². The molecule has 29 heavy (non-hydrogen) atoms. The standard InChI is InChI=1S/C22H20N4O2S/c1-15-10-12-17(13-11-15)23-21-22(25-20-9-4-3-8-19(20)24-21)26-29(27,28)18-7-5-6-16(2)14-18/h3-14H,1-2H3,(H,23,24)(H,25,26). The minimum atomic E-state index is -3.82. The van der Waals surface area contributed by atoms with E-state index in [1.165, 1.54) is 0 Å². The van der Waals surface area contributed by atoms with Gasteiger partial charge in [0.25, 0.3) is 10.0 Å². The van der Waals surface area contributed by atoms with Crippen molar-refractivity contribution in [1.82, 2.24) is 9.97 Å². The van der Waals surface area contributed by atoms with Crippen LogP contribution in [-0.2, 0) is 10.0 Å². The lowest BCUT2D eigenvalue weighted by molar-refractivity contribution is 0.601. The van der Waals surface area contributed by atoms with Crippen LogP contribution in [0.25, 0.3) is 11.0 Å². The first-order chi connectivity index (χ1) is 13.9. The third-order valence-electron chi connectivity index (χ3n) is 4.42. The minimum Gasteiger partial charge on any atom is -0.337 e. The van der Waals surface area contributed by atoms with Gasteiger partial charge in [0.1, 0.15) is 0 Å². The Morgan fingerprint density at radius 3 is 2.03 bits per heavy atom. The maximum Gasteiger partial charge on any atom is 0.263 e. The van der Waals surface area contributed by atoms with Gasteiger partial charge in [0.05, 0.1) is 15.9 Å². The number of hydrogen-bond acceptors (Lipinski definition) is 5. The molecule has 0 unspecified atom stereocenters. The molecule has 0 aliphatic carbocycles. The average Bonchev–Trinajstić information content (AvgIpc) is 2.70. The van der Waals surface area contributed by atoms with E-state index in [9.17, 15) is 8.42 Å². The second kappa shape index (κ2) is 7.52. The van der Waals surface area contributed by atoms with Gasteiger partial charge < -0.3 is 5.32 Å². The summed E-state index contributed by atoms with van der Waals surface area (Å²) in [7, 11) is -3.82. The maximum atomic E-state index is 12.9. The second-order valence-electron chi connectivity index (χ2n) is 6.82. The van der Waals surface area contributed by atoms with Gasteiger partial charge in [0.15, 0.2) is 11.6 Å². The van der Waals surface area contributed by atoms with E-state index in [-0.39, 0.29) is 10.7 Å². The van der Waals surface area contributed by atoms with Crippen LogP contribution in [0.4, 0.5) is 17.3 Å². The van der Waals surface area contributed by atoms with Crippen LogP contribution in [0, 0.1) is 13.8 Å². The lowest BCUT2D eigenvalue weighted by Crippen LogP contribution is -2.16. The highest BCUT2D eigenvalue weighted by molar-refractivity contribution is 7.92. The summed E-state index contributed by atoms with van der Waals surface area (Å²) in [6, 6.07) is 21.8. The highest BCUT2D eigenvalue weighted by atomic mass is 32.2. The van der Waals surface area contributed by atoms with Crippen molar-refractivity contribution in [2.75, 3.05) is 10.0 Å². The molecule has 0 aliphatic rings. The zero-order valence-electron chi connectivity index (χ0n) is 16.0. The number of anilines is 3. The number of aromatic nitrogens is 2. The zero-order chi connectivity index (χ0) is 20.4. The van der Waals surface area contributed by atoms with E-state index in [1.54, 1.807) is 24.3 Å². The number of benzene rings is 3. The number of sulfonamides is 1. The Morgan fingerprint density at radius 1 is 0.724 bits per heavy atom. The molecule has 0 atom stereocenters. The van der Waals surface area contributed by atoms with Gasteiger partial charge in [-0.05, 0) is 55.8 Å². The van der Waals surface area contributed by atoms with Gasteiger partial charge in [0.2, 0.25) is 0 Å². The molecule has 0 amide bonds. The largest absolute Gasteiger partial charge is 0.337 e. The molecule has 0 bridgehead atoms. The monoisotopic (exact) mass is 404 g/mol. The topological polar surface area (TPSA) is 84.0 Å². The Hall–Kier alpha value is -3.45. The number of rotatable bonds is 5. The molecule has 0 radical (unpaired) electrons. The van der Waals surface area contributed by atoms with Crippen molar-refractivity contribution in [2.24, 2.45) is 0 Å². The Labute approximate surface area is 169 Å². The Kier molecular flexibility index (Phi) is 4.90. The molecular formula is C22H20N4O2S. The lowest BCUT2D eigenvalue weighted by atomic mass is 10.2. The molecule has 1 heterocycles. The third-order valence-corrected chi connectivity index (χ3v) is 5.75. The van der Waals surface area contributed by atoms with Gasteiger partial charge in [0, 0.05) is 5.69 Å². The van der Waals surface area contributed by atoms with Crippen molar-refractivity contribution in [1.29, 1.82) is 0 Å². The normalized spacial score (nSPS) is 11.4. The van der Waals surface area contributed by atoms with Crippen LogP contribution in [-0.4, -0.2) is 18.4 Å². The molecular weight excluding hydrogens is 384 g/mol. The van der Waals surface area contributed by atoms with Crippen molar-refractivity contribution >= 4 is 38.4 Å². The van der Waals surface area contributed by atoms with Gasteiger partial charge in [-0.2, -0.15) is 0 Å². The smallest absolute Gasteiger partial charge is 0.263 e. The number of nitrogens with one attached hydrogen (secondary N) is 2. The van der Waals surface area contributed by atoms with Crippen molar-refractivity contribution in [3.8, 4) is 0 Å². The van der Waals surface area contributed by atoms with E-state index in [0.717, 1.165) is 16.8 Å². The molecule has 0 aliphatic heterocycles. The van der Waals surface area contributed by atoms with Crippen molar-refractivity contribution in [3.05, 3.63) is 83.9 Å². The average molecular weight is 404 g/mol.